The van der Waals surface area contributed by atoms with Gasteiger partial charge in [-0.15, -0.1) is 0 Å². The topological polar surface area (TPSA) is 88.6 Å². The Morgan fingerprint density at radius 1 is 0.969 bits per heavy atom. The lowest BCUT2D eigenvalue weighted by Crippen LogP contribution is -2.40. The zero-order chi connectivity index (χ0) is 23.3. The molecule has 3 aromatic rings. The Morgan fingerprint density at radius 2 is 1.62 bits per heavy atom. The lowest BCUT2D eigenvalue weighted by Gasteiger charge is -2.23. The molecule has 1 heterocycles. The van der Waals surface area contributed by atoms with E-state index in [0.717, 1.165) is 4.90 Å². The summed E-state index contributed by atoms with van der Waals surface area (Å²) in [6.07, 6.45) is 1.40. The number of rotatable bonds is 5. The smallest absolute Gasteiger partial charge is 0.334 e. The summed E-state index contributed by atoms with van der Waals surface area (Å²) < 4.78 is 4.86. The van der Waals surface area contributed by atoms with Gasteiger partial charge in [-0.2, -0.15) is 0 Å². The van der Waals surface area contributed by atoms with E-state index in [9.17, 15) is 14.4 Å². The van der Waals surface area contributed by atoms with E-state index in [1.165, 1.54) is 19.4 Å². The fraction of sp³-hybridized carbons (Fsp3) is 0.167. The summed E-state index contributed by atoms with van der Waals surface area (Å²) in [4.78, 5) is 43.5. The molecule has 0 atom stereocenters. The molecule has 0 aliphatic heterocycles. The molecule has 0 bridgehead atoms. The van der Waals surface area contributed by atoms with Gasteiger partial charge in [0.25, 0.3) is 5.91 Å². The number of anilines is 2. The molecule has 0 saturated heterocycles. The van der Waals surface area contributed by atoms with Crippen molar-refractivity contribution in [3.8, 4) is 0 Å². The van der Waals surface area contributed by atoms with Gasteiger partial charge in [-0.05, 0) is 55.8 Å². The van der Waals surface area contributed by atoms with E-state index in [2.05, 4.69) is 10.3 Å². The van der Waals surface area contributed by atoms with Crippen molar-refractivity contribution in [2.24, 2.45) is 0 Å². The SMILES string of the molecule is COC(=O)C(C)(C)c1ccc(C(=O)N(C(=O)Nc2ccc(Cl)cn2)c2ccccc2)cc1. The van der Waals surface area contributed by atoms with Crippen LogP contribution in [0.2, 0.25) is 5.02 Å². The Balaban J connectivity index is 1.91. The number of benzene rings is 2. The summed E-state index contributed by atoms with van der Waals surface area (Å²) in [6.45, 7) is 3.47. The third-order valence-electron chi connectivity index (χ3n) is 4.93. The van der Waals surface area contributed by atoms with Gasteiger partial charge in [0.1, 0.15) is 5.82 Å². The van der Waals surface area contributed by atoms with Gasteiger partial charge in [0.2, 0.25) is 0 Å². The van der Waals surface area contributed by atoms with Gasteiger partial charge in [-0.1, -0.05) is 41.9 Å². The number of carbonyl (C=O) groups excluding carboxylic acids is 3. The van der Waals surface area contributed by atoms with Crippen molar-refractivity contribution in [3.05, 3.63) is 89.1 Å². The maximum Gasteiger partial charge on any atom is 0.334 e. The second-order valence-corrected chi connectivity index (χ2v) is 7.90. The van der Waals surface area contributed by atoms with Gasteiger partial charge in [-0.25, -0.2) is 14.7 Å². The van der Waals surface area contributed by atoms with Crippen LogP contribution in [0.1, 0.15) is 29.8 Å². The van der Waals surface area contributed by atoms with E-state index >= 15 is 0 Å². The minimum atomic E-state index is -0.882. The molecular formula is C24H22ClN3O4. The number of imide groups is 1. The molecule has 7 nitrogen and oxygen atoms in total. The van der Waals surface area contributed by atoms with Gasteiger partial charge in [-0.3, -0.25) is 14.9 Å². The average molecular weight is 452 g/mol. The number of urea groups is 1. The first kappa shape index (κ1) is 23.0. The summed E-state index contributed by atoms with van der Waals surface area (Å²) in [5.74, 6) is -0.675. The number of para-hydroxylation sites is 1. The molecule has 3 rings (SSSR count). The van der Waals surface area contributed by atoms with Crippen LogP contribution < -0.4 is 10.2 Å². The van der Waals surface area contributed by atoms with E-state index in [-0.39, 0.29) is 11.4 Å². The maximum atomic E-state index is 13.3. The minimum Gasteiger partial charge on any atom is -0.468 e. The molecular weight excluding hydrogens is 430 g/mol. The summed E-state index contributed by atoms with van der Waals surface area (Å²) in [7, 11) is 1.33. The number of nitrogens with zero attached hydrogens (tertiary/aromatic N) is 2. The normalized spacial score (nSPS) is 10.9. The number of esters is 1. The van der Waals surface area contributed by atoms with E-state index in [0.29, 0.717) is 16.3 Å². The number of ether oxygens (including phenoxy) is 1. The van der Waals surface area contributed by atoms with Gasteiger partial charge in [0.15, 0.2) is 0 Å². The van der Waals surface area contributed by atoms with E-state index in [1.807, 2.05) is 0 Å². The van der Waals surface area contributed by atoms with Crippen molar-refractivity contribution in [3.63, 3.8) is 0 Å². The highest BCUT2D eigenvalue weighted by Gasteiger charge is 2.31. The van der Waals surface area contributed by atoms with Crippen LogP contribution in [0.25, 0.3) is 0 Å². The largest absolute Gasteiger partial charge is 0.468 e. The van der Waals surface area contributed by atoms with Crippen molar-refractivity contribution in [1.29, 1.82) is 0 Å². The Hall–Kier alpha value is -3.71. The molecule has 0 aliphatic rings. The van der Waals surface area contributed by atoms with Crippen LogP contribution in [-0.4, -0.2) is 30.0 Å². The molecule has 32 heavy (non-hydrogen) atoms. The maximum absolute atomic E-state index is 13.3. The highest BCUT2D eigenvalue weighted by atomic mass is 35.5. The Morgan fingerprint density at radius 3 is 2.19 bits per heavy atom. The van der Waals surface area contributed by atoms with Gasteiger partial charge in [0, 0.05) is 11.8 Å². The van der Waals surface area contributed by atoms with E-state index in [1.54, 1.807) is 74.5 Å². The lowest BCUT2D eigenvalue weighted by molar-refractivity contribution is -0.146. The molecule has 2 aromatic carbocycles. The standard InChI is InChI=1S/C24H22ClN3O4/c1-24(2,22(30)32-3)17-11-9-16(10-12-17)21(29)28(19-7-5-4-6-8-19)23(31)27-20-14-13-18(25)15-26-20/h4-15H,1-3H3,(H,26,27,31). The molecule has 0 fully saturated rings. The molecule has 0 aliphatic carbocycles. The zero-order valence-electron chi connectivity index (χ0n) is 17.8. The first-order valence-electron chi connectivity index (χ1n) is 9.75. The Labute approximate surface area is 191 Å². The minimum absolute atomic E-state index is 0.253. The fourth-order valence-electron chi connectivity index (χ4n) is 3.05. The molecule has 0 radical (unpaired) electrons. The summed E-state index contributed by atoms with van der Waals surface area (Å²) in [5, 5.41) is 3.04. The van der Waals surface area contributed by atoms with Crippen molar-refractivity contribution < 1.29 is 19.1 Å². The second kappa shape index (κ2) is 9.62. The first-order valence-corrected chi connectivity index (χ1v) is 10.1. The summed E-state index contributed by atoms with van der Waals surface area (Å²) in [6, 6.07) is 17.5. The van der Waals surface area contributed by atoms with Crippen molar-refractivity contribution in [2.75, 3.05) is 17.3 Å². The van der Waals surface area contributed by atoms with Crippen molar-refractivity contribution in [1.82, 2.24) is 4.98 Å². The van der Waals surface area contributed by atoms with Crippen LogP contribution >= 0.6 is 11.6 Å². The molecule has 3 amide bonds. The van der Waals surface area contributed by atoms with Gasteiger partial charge < -0.3 is 4.74 Å². The third-order valence-corrected chi connectivity index (χ3v) is 5.16. The Bertz CT molecular complexity index is 1110. The quantitative estimate of drug-likeness (QED) is 0.547. The van der Waals surface area contributed by atoms with Crippen LogP contribution in [0.15, 0.2) is 72.9 Å². The predicted octanol–water partition coefficient (Wildman–Crippen LogP) is 5.06. The number of amides is 3. The fourth-order valence-corrected chi connectivity index (χ4v) is 3.16. The highest BCUT2D eigenvalue weighted by molar-refractivity contribution is 6.30. The molecule has 0 unspecified atom stereocenters. The zero-order valence-corrected chi connectivity index (χ0v) is 18.6. The Kier molecular flexibility index (Phi) is 6.90. The van der Waals surface area contributed by atoms with Crippen LogP contribution in [0.5, 0.6) is 0 Å². The molecule has 8 heteroatoms. The third kappa shape index (κ3) is 4.95. The number of methoxy groups -OCH3 is 1. The van der Waals surface area contributed by atoms with Crippen LogP contribution in [0.3, 0.4) is 0 Å². The van der Waals surface area contributed by atoms with Crippen LogP contribution in [0, 0.1) is 0 Å². The number of nitrogens with one attached hydrogen (secondary N) is 1. The number of aromatic nitrogens is 1. The molecule has 0 spiro atoms. The number of pyridine rings is 1. The van der Waals surface area contributed by atoms with Gasteiger partial charge >= 0.3 is 12.0 Å². The van der Waals surface area contributed by atoms with Crippen molar-refractivity contribution >= 4 is 41.0 Å². The molecule has 1 aromatic heterocycles. The second-order valence-electron chi connectivity index (χ2n) is 7.46. The van der Waals surface area contributed by atoms with Crippen molar-refractivity contribution in [2.45, 2.75) is 19.3 Å². The first-order chi connectivity index (χ1) is 15.2. The summed E-state index contributed by atoms with van der Waals surface area (Å²) >= 11 is 5.84. The lowest BCUT2D eigenvalue weighted by atomic mass is 9.84. The van der Waals surface area contributed by atoms with Gasteiger partial charge in [0.05, 0.1) is 23.2 Å². The average Bonchev–Trinajstić information content (AvgIpc) is 2.80. The molecule has 1 N–H and O–H groups in total. The number of halogens is 1. The predicted molar refractivity (Wildman–Crippen MR) is 123 cm³/mol. The molecule has 0 saturated carbocycles. The monoisotopic (exact) mass is 451 g/mol. The van der Waals surface area contributed by atoms with Crippen LogP contribution in [0.4, 0.5) is 16.3 Å². The van der Waals surface area contributed by atoms with E-state index < -0.39 is 23.3 Å². The molecule has 164 valence electrons. The summed E-state index contributed by atoms with van der Waals surface area (Å²) in [5.41, 5.74) is 0.468. The van der Waals surface area contributed by atoms with E-state index in [4.69, 9.17) is 16.3 Å². The number of carbonyl (C=O) groups is 3. The number of hydrogen-bond acceptors (Lipinski definition) is 5. The highest BCUT2D eigenvalue weighted by Crippen LogP contribution is 2.26. The van der Waals surface area contributed by atoms with Crippen LogP contribution in [-0.2, 0) is 14.9 Å². The number of hydrogen-bond donors (Lipinski definition) is 1.